The van der Waals surface area contributed by atoms with E-state index in [9.17, 15) is 8.42 Å². The zero-order chi connectivity index (χ0) is 12.0. The van der Waals surface area contributed by atoms with Crippen molar-refractivity contribution in [2.75, 3.05) is 13.2 Å². The SMILES string of the molecule is C=CCOS(=O)(=O)C1C=CC=CN1CC=C. The van der Waals surface area contributed by atoms with E-state index >= 15 is 0 Å². The highest BCUT2D eigenvalue weighted by molar-refractivity contribution is 7.87. The predicted octanol–water partition coefficient (Wildman–Crippen LogP) is 1.42. The molecule has 0 bridgehead atoms. The van der Waals surface area contributed by atoms with Crippen molar-refractivity contribution in [2.45, 2.75) is 5.37 Å². The average molecular weight is 241 g/mol. The lowest BCUT2D eigenvalue weighted by Gasteiger charge is -2.28. The first-order valence-corrected chi connectivity index (χ1v) is 6.29. The molecular formula is C11H15NO3S. The summed E-state index contributed by atoms with van der Waals surface area (Å²) in [6.07, 6.45) is 9.75. The van der Waals surface area contributed by atoms with Crippen molar-refractivity contribution in [1.82, 2.24) is 4.90 Å². The van der Waals surface area contributed by atoms with Crippen LogP contribution in [0.15, 0.2) is 49.7 Å². The van der Waals surface area contributed by atoms with Crippen molar-refractivity contribution >= 4 is 10.1 Å². The molecule has 0 aliphatic carbocycles. The largest absolute Gasteiger partial charge is 0.352 e. The van der Waals surface area contributed by atoms with Gasteiger partial charge < -0.3 is 4.90 Å². The van der Waals surface area contributed by atoms with E-state index in [1.54, 1.807) is 35.4 Å². The van der Waals surface area contributed by atoms with Gasteiger partial charge in [-0.05, 0) is 12.2 Å². The minimum absolute atomic E-state index is 0.0156. The highest BCUT2D eigenvalue weighted by Crippen LogP contribution is 2.16. The summed E-state index contributed by atoms with van der Waals surface area (Å²) in [6, 6.07) is 0. The van der Waals surface area contributed by atoms with Crippen molar-refractivity contribution in [3.05, 3.63) is 49.7 Å². The van der Waals surface area contributed by atoms with Crippen LogP contribution < -0.4 is 0 Å². The van der Waals surface area contributed by atoms with Gasteiger partial charge in [-0.2, -0.15) is 8.42 Å². The Bertz CT molecular complexity index is 409. The third kappa shape index (κ3) is 3.08. The van der Waals surface area contributed by atoms with E-state index in [0.717, 1.165) is 0 Å². The summed E-state index contributed by atoms with van der Waals surface area (Å²) in [5.74, 6) is 0. The molecule has 5 heteroatoms. The van der Waals surface area contributed by atoms with Crippen molar-refractivity contribution < 1.29 is 12.6 Å². The molecule has 0 radical (unpaired) electrons. The topological polar surface area (TPSA) is 46.6 Å². The summed E-state index contributed by atoms with van der Waals surface area (Å²) in [6.45, 7) is 7.43. The molecule has 0 fully saturated rings. The predicted molar refractivity (Wildman–Crippen MR) is 64.0 cm³/mol. The fraction of sp³-hybridized carbons (Fsp3) is 0.273. The molecule has 1 aliphatic rings. The summed E-state index contributed by atoms with van der Waals surface area (Å²) >= 11 is 0. The normalized spacial score (nSPS) is 19.8. The number of nitrogens with zero attached hydrogens (tertiary/aromatic N) is 1. The van der Waals surface area contributed by atoms with Crippen LogP contribution in [-0.2, 0) is 14.3 Å². The Balaban J connectivity index is 2.83. The molecule has 4 nitrogen and oxygen atoms in total. The summed E-state index contributed by atoms with van der Waals surface area (Å²) in [4.78, 5) is 1.63. The molecule has 0 aromatic rings. The summed E-state index contributed by atoms with van der Waals surface area (Å²) in [5, 5.41) is -0.796. The minimum Gasteiger partial charge on any atom is -0.352 e. The van der Waals surface area contributed by atoms with E-state index in [0.29, 0.717) is 6.54 Å². The average Bonchev–Trinajstić information content (AvgIpc) is 2.27. The van der Waals surface area contributed by atoms with Crippen LogP contribution in [0.5, 0.6) is 0 Å². The lowest BCUT2D eigenvalue weighted by atomic mass is 10.3. The third-order valence-electron chi connectivity index (χ3n) is 1.98. The highest BCUT2D eigenvalue weighted by Gasteiger charge is 2.28. The van der Waals surface area contributed by atoms with E-state index in [-0.39, 0.29) is 6.61 Å². The van der Waals surface area contributed by atoms with Crippen LogP contribution in [-0.4, -0.2) is 31.8 Å². The Labute approximate surface area is 96.3 Å². The molecule has 16 heavy (non-hydrogen) atoms. The lowest BCUT2D eigenvalue weighted by Crippen LogP contribution is -2.38. The van der Waals surface area contributed by atoms with Crippen LogP contribution in [0.2, 0.25) is 0 Å². The van der Waals surface area contributed by atoms with Gasteiger partial charge in [0, 0.05) is 12.7 Å². The zero-order valence-electron chi connectivity index (χ0n) is 8.95. The van der Waals surface area contributed by atoms with Gasteiger partial charge in [-0.15, -0.1) is 13.2 Å². The van der Waals surface area contributed by atoms with Crippen LogP contribution in [0.4, 0.5) is 0 Å². The second kappa shape index (κ2) is 5.67. The number of hydrogen-bond donors (Lipinski definition) is 0. The molecule has 0 spiro atoms. The van der Waals surface area contributed by atoms with Crippen LogP contribution >= 0.6 is 0 Å². The Morgan fingerprint density at radius 1 is 1.31 bits per heavy atom. The molecule has 0 N–H and O–H groups in total. The maximum Gasteiger partial charge on any atom is 0.292 e. The van der Waals surface area contributed by atoms with E-state index in [2.05, 4.69) is 13.2 Å². The molecule has 88 valence electrons. The summed E-state index contributed by atoms with van der Waals surface area (Å²) in [7, 11) is -3.65. The Morgan fingerprint density at radius 3 is 2.69 bits per heavy atom. The van der Waals surface area contributed by atoms with Crippen molar-refractivity contribution in [2.24, 2.45) is 0 Å². The first-order valence-electron chi connectivity index (χ1n) is 4.82. The van der Waals surface area contributed by atoms with Gasteiger partial charge in [0.2, 0.25) is 0 Å². The van der Waals surface area contributed by atoms with Crippen molar-refractivity contribution in [1.29, 1.82) is 0 Å². The molecule has 1 rings (SSSR count). The van der Waals surface area contributed by atoms with Gasteiger partial charge in [-0.25, -0.2) is 0 Å². The Kier molecular flexibility index (Phi) is 4.52. The molecule has 0 saturated heterocycles. The fourth-order valence-electron chi connectivity index (χ4n) is 1.30. The van der Waals surface area contributed by atoms with Gasteiger partial charge in [0.25, 0.3) is 10.1 Å². The monoisotopic (exact) mass is 241 g/mol. The van der Waals surface area contributed by atoms with E-state index in [4.69, 9.17) is 4.18 Å². The highest BCUT2D eigenvalue weighted by atomic mass is 32.2. The Morgan fingerprint density at radius 2 is 2.06 bits per heavy atom. The van der Waals surface area contributed by atoms with Gasteiger partial charge in [0.1, 0.15) is 0 Å². The molecule has 1 aliphatic heterocycles. The van der Waals surface area contributed by atoms with Crippen LogP contribution in [0.1, 0.15) is 0 Å². The quantitative estimate of drug-likeness (QED) is 0.521. The molecule has 1 atom stereocenters. The van der Waals surface area contributed by atoms with Gasteiger partial charge >= 0.3 is 0 Å². The molecule has 0 aromatic heterocycles. The van der Waals surface area contributed by atoms with E-state index in [1.807, 2.05) is 0 Å². The molecular weight excluding hydrogens is 226 g/mol. The van der Waals surface area contributed by atoms with Crippen LogP contribution in [0.3, 0.4) is 0 Å². The van der Waals surface area contributed by atoms with Gasteiger partial charge in [-0.1, -0.05) is 18.2 Å². The molecule has 0 aromatic carbocycles. The molecule has 1 unspecified atom stereocenters. The van der Waals surface area contributed by atoms with Crippen molar-refractivity contribution in [3.63, 3.8) is 0 Å². The summed E-state index contributed by atoms with van der Waals surface area (Å²) in [5.41, 5.74) is 0. The standard InChI is InChI=1S/C11H15NO3S/c1-3-8-12-9-6-5-7-11(12)16(13,14)15-10-4-2/h3-7,9,11H,1-2,8,10H2. The summed E-state index contributed by atoms with van der Waals surface area (Å²) < 4.78 is 28.4. The second-order valence-electron chi connectivity index (χ2n) is 3.17. The third-order valence-corrected chi connectivity index (χ3v) is 3.46. The minimum atomic E-state index is -3.65. The van der Waals surface area contributed by atoms with E-state index < -0.39 is 15.5 Å². The maximum atomic E-state index is 11.8. The zero-order valence-corrected chi connectivity index (χ0v) is 9.77. The molecule has 0 amide bonds. The number of hydrogen-bond acceptors (Lipinski definition) is 4. The van der Waals surface area contributed by atoms with Crippen molar-refractivity contribution in [3.8, 4) is 0 Å². The number of rotatable bonds is 6. The second-order valence-corrected chi connectivity index (χ2v) is 4.87. The number of allylic oxidation sites excluding steroid dienone is 2. The van der Waals surface area contributed by atoms with Gasteiger partial charge in [0.05, 0.1) is 6.61 Å². The maximum absolute atomic E-state index is 11.8. The van der Waals surface area contributed by atoms with Crippen LogP contribution in [0.25, 0.3) is 0 Å². The van der Waals surface area contributed by atoms with Crippen LogP contribution in [0, 0.1) is 0 Å². The first kappa shape index (κ1) is 12.7. The lowest BCUT2D eigenvalue weighted by molar-refractivity contribution is 0.317. The van der Waals surface area contributed by atoms with Gasteiger partial charge in [-0.3, -0.25) is 4.18 Å². The molecule has 0 saturated carbocycles. The van der Waals surface area contributed by atoms with Gasteiger partial charge in [0.15, 0.2) is 5.37 Å². The fourth-order valence-corrected chi connectivity index (χ4v) is 2.50. The van der Waals surface area contributed by atoms with E-state index in [1.165, 1.54) is 6.08 Å². The Hall–Kier alpha value is -1.33. The smallest absolute Gasteiger partial charge is 0.292 e. The molecule has 1 heterocycles. The first-order chi connectivity index (χ1) is 7.61.